The van der Waals surface area contributed by atoms with Crippen LogP contribution in [0, 0.1) is 6.92 Å². The summed E-state index contributed by atoms with van der Waals surface area (Å²) in [6.07, 6.45) is 1.85. The Hall–Kier alpha value is -1.69. The first-order valence-corrected chi connectivity index (χ1v) is 12.2. The Morgan fingerprint density at radius 2 is 1.75 bits per heavy atom. The Balaban J connectivity index is 0.00000363. The normalized spacial score (nSPS) is 16.4. The molecule has 0 aromatic heterocycles. The summed E-state index contributed by atoms with van der Waals surface area (Å²) in [6, 6.07) is 15.2. The molecule has 0 bridgehead atoms. The van der Waals surface area contributed by atoms with E-state index in [4.69, 9.17) is 4.74 Å². The summed E-state index contributed by atoms with van der Waals surface area (Å²) in [4.78, 5) is 4.86. The average Bonchev–Trinajstić information content (AvgIpc) is 3.30. The van der Waals surface area contributed by atoms with E-state index in [1.807, 2.05) is 6.92 Å². The van der Waals surface area contributed by atoms with E-state index in [1.165, 1.54) is 11.1 Å². The van der Waals surface area contributed by atoms with Gasteiger partial charge in [-0.25, -0.2) is 18.1 Å². The molecule has 1 atom stereocenters. The lowest BCUT2D eigenvalue weighted by Gasteiger charge is -2.12. The van der Waals surface area contributed by atoms with Crippen LogP contribution >= 0.6 is 24.0 Å². The zero-order chi connectivity index (χ0) is 22.1. The second-order valence-electron chi connectivity index (χ2n) is 7.67. The average molecular weight is 573 g/mol. The number of rotatable bonds is 9. The van der Waals surface area contributed by atoms with Crippen molar-refractivity contribution in [3.63, 3.8) is 0 Å². The third-order valence-corrected chi connectivity index (χ3v) is 6.54. The van der Waals surface area contributed by atoms with E-state index in [0.29, 0.717) is 26.2 Å². The maximum atomic E-state index is 12.5. The molecule has 1 saturated heterocycles. The third-order valence-electron chi connectivity index (χ3n) is 5.10. The van der Waals surface area contributed by atoms with Crippen molar-refractivity contribution in [2.45, 2.75) is 50.8 Å². The number of aliphatic imine (C=N–C) groups is 1. The maximum Gasteiger partial charge on any atom is 0.240 e. The molecule has 1 aliphatic rings. The van der Waals surface area contributed by atoms with Crippen LogP contribution in [0.5, 0.6) is 0 Å². The Morgan fingerprint density at radius 3 is 2.38 bits per heavy atom. The van der Waals surface area contributed by atoms with Gasteiger partial charge >= 0.3 is 0 Å². The van der Waals surface area contributed by atoms with Gasteiger partial charge in [-0.1, -0.05) is 42.0 Å². The van der Waals surface area contributed by atoms with E-state index < -0.39 is 10.0 Å². The van der Waals surface area contributed by atoms with Gasteiger partial charge in [0, 0.05) is 26.2 Å². The minimum absolute atomic E-state index is 0. The van der Waals surface area contributed by atoms with Crippen molar-refractivity contribution in [3.8, 4) is 0 Å². The lowest BCUT2D eigenvalue weighted by molar-refractivity contribution is 0.114. The van der Waals surface area contributed by atoms with Crippen LogP contribution in [0.2, 0.25) is 0 Å². The van der Waals surface area contributed by atoms with Crippen molar-refractivity contribution in [1.29, 1.82) is 0 Å². The SMILES string of the molecule is CCNC(=NCc1ccc(S(=O)(=O)NCC2CCCO2)cc1)NCc1ccc(C)cc1.I. The second-order valence-corrected chi connectivity index (χ2v) is 9.43. The van der Waals surface area contributed by atoms with Crippen LogP contribution in [-0.2, 0) is 27.8 Å². The second kappa shape index (κ2) is 13.1. The highest BCUT2D eigenvalue weighted by molar-refractivity contribution is 14.0. The predicted molar refractivity (Wildman–Crippen MR) is 139 cm³/mol. The van der Waals surface area contributed by atoms with Crippen LogP contribution < -0.4 is 15.4 Å². The highest BCUT2D eigenvalue weighted by atomic mass is 127. The van der Waals surface area contributed by atoms with Gasteiger partial charge < -0.3 is 15.4 Å². The summed E-state index contributed by atoms with van der Waals surface area (Å²) in [5.74, 6) is 0.720. The van der Waals surface area contributed by atoms with Gasteiger partial charge in [0.2, 0.25) is 10.0 Å². The lowest BCUT2D eigenvalue weighted by atomic mass is 10.1. The molecule has 0 amide bonds. The van der Waals surface area contributed by atoms with Crippen molar-refractivity contribution in [1.82, 2.24) is 15.4 Å². The van der Waals surface area contributed by atoms with Gasteiger partial charge in [0.05, 0.1) is 17.5 Å². The molecule has 176 valence electrons. The first-order valence-electron chi connectivity index (χ1n) is 10.7. The fourth-order valence-electron chi connectivity index (χ4n) is 3.27. The molecule has 1 fully saturated rings. The standard InChI is InChI=1S/C23H32N4O3S.HI/c1-3-24-23(25-15-19-8-6-18(2)7-9-19)26-16-20-10-12-22(13-11-20)31(28,29)27-17-21-5-4-14-30-21;/h6-13,21,27H,3-5,14-17H2,1-2H3,(H2,24,25,26);1H. The van der Waals surface area contributed by atoms with Crippen LogP contribution in [0.25, 0.3) is 0 Å². The summed E-state index contributed by atoms with van der Waals surface area (Å²) in [5.41, 5.74) is 3.35. The molecule has 1 unspecified atom stereocenters. The zero-order valence-corrected chi connectivity index (χ0v) is 21.8. The predicted octanol–water partition coefficient (Wildman–Crippen LogP) is 3.33. The zero-order valence-electron chi connectivity index (χ0n) is 18.6. The van der Waals surface area contributed by atoms with Crippen LogP contribution in [0.1, 0.15) is 36.5 Å². The molecule has 3 rings (SSSR count). The van der Waals surface area contributed by atoms with Gasteiger partial charge in [-0.05, 0) is 49.9 Å². The summed E-state index contributed by atoms with van der Waals surface area (Å²) < 4.78 is 33.1. The van der Waals surface area contributed by atoms with Crippen molar-refractivity contribution in [2.75, 3.05) is 19.7 Å². The number of benzene rings is 2. The van der Waals surface area contributed by atoms with E-state index in [1.54, 1.807) is 24.3 Å². The molecule has 9 heteroatoms. The molecule has 32 heavy (non-hydrogen) atoms. The molecule has 1 heterocycles. The number of halogens is 1. The molecule has 0 radical (unpaired) electrons. The van der Waals surface area contributed by atoms with E-state index in [2.05, 4.69) is 51.5 Å². The van der Waals surface area contributed by atoms with Crippen LogP contribution in [0.3, 0.4) is 0 Å². The number of nitrogens with one attached hydrogen (secondary N) is 3. The fourth-order valence-corrected chi connectivity index (χ4v) is 4.34. The maximum absolute atomic E-state index is 12.5. The highest BCUT2D eigenvalue weighted by Crippen LogP contribution is 2.14. The Bertz CT molecular complexity index is 958. The first-order chi connectivity index (χ1) is 15.0. The van der Waals surface area contributed by atoms with Crippen LogP contribution in [0.15, 0.2) is 58.4 Å². The van der Waals surface area contributed by atoms with Crippen molar-refractivity contribution in [2.24, 2.45) is 4.99 Å². The topological polar surface area (TPSA) is 91.8 Å². The monoisotopic (exact) mass is 572 g/mol. The van der Waals surface area contributed by atoms with Crippen molar-refractivity contribution < 1.29 is 13.2 Å². The molecule has 0 spiro atoms. The number of hydrogen-bond acceptors (Lipinski definition) is 4. The fraction of sp³-hybridized carbons (Fsp3) is 0.435. The molecule has 0 saturated carbocycles. The minimum atomic E-state index is -3.54. The Morgan fingerprint density at radius 1 is 1.06 bits per heavy atom. The summed E-state index contributed by atoms with van der Waals surface area (Å²) in [7, 11) is -3.54. The number of nitrogens with zero attached hydrogens (tertiary/aromatic N) is 1. The number of sulfonamides is 1. The van der Waals surface area contributed by atoms with Gasteiger partial charge in [0.15, 0.2) is 5.96 Å². The van der Waals surface area contributed by atoms with Crippen LogP contribution in [-0.4, -0.2) is 40.2 Å². The first kappa shape index (κ1) is 26.6. The lowest BCUT2D eigenvalue weighted by Crippen LogP contribution is -2.36. The third kappa shape index (κ3) is 8.34. The Kier molecular flexibility index (Phi) is 10.9. The van der Waals surface area contributed by atoms with Gasteiger partial charge in [0.25, 0.3) is 0 Å². The van der Waals surface area contributed by atoms with E-state index in [0.717, 1.165) is 30.9 Å². The van der Waals surface area contributed by atoms with E-state index in [9.17, 15) is 8.42 Å². The largest absolute Gasteiger partial charge is 0.377 e. The summed E-state index contributed by atoms with van der Waals surface area (Å²) >= 11 is 0. The molecule has 1 aliphatic heterocycles. The van der Waals surface area contributed by atoms with Crippen molar-refractivity contribution >= 4 is 40.0 Å². The minimum Gasteiger partial charge on any atom is -0.377 e. The summed E-state index contributed by atoms with van der Waals surface area (Å²) in [5, 5.41) is 6.56. The van der Waals surface area contributed by atoms with E-state index in [-0.39, 0.29) is 35.0 Å². The van der Waals surface area contributed by atoms with Gasteiger partial charge in [0.1, 0.15) is 0 Å². The molecule has 3 N–H and O–H groups in total. The van der Waals surface area contributed by atoms with E-state index >= 15 is 0 Å². The molecule has 2 aromatic carbocycles. The highest BCUT2D eigenvalue weighted by Gasteiger charge is 2.20. The quantitative estimate of drug-likeness (QED) is 0.244. The van der Waals surface area contributed by atoms with Crippen LogP contribution in [0.4, 0.5) is 0 Å². The number of guanidine groups is 1. The summed E-state index contributed by atoms with van der Waals surface area (Å²) in [6.45, 7) is 7.00. The molecule has 0 aliphatic carbocycles. The van der Waals surface area contributed by atoms with Gasteiger partial charge in [-0.15, -0.1) is 24.0 Å². The Labute approximate surface area is 208 Å². The number of aryl methyl sites for hydroxylation is 1. The van der Waals surface area contributed by atoms with Gasteiger partial charge in [-0.3, -0.25) is 0 Å². The molecular formula is C23H33IN4O3S. The number of ether oxygens (including phenoxy) is 1. The van der Waals surface area contributed by atoms with Gasteiger partial charge in [-0.2, -0.15) is 0 Å². The smallest absolute Gasteiger partial charge is 0.240 e. The number of hydrogen-bond donors (Lipinski definition) is 3. The van der Waals surface area contributed by atoms with Crippen molar-refractivity contribution in [3.05, 3.63) is 65.2 Å². The molecular weight excluding hydrogens is 539 g/mol. The molecule has 7 nitrogen and oxygen atoms in total. The molecule has 2 aromatic rings.